The summed E-state index contributed by atoms with van der Waals surface area (Å²) in [6, 6.07) is -2.09. The number of carbonyl (C=O) groups excluding carboxylic acids is 2. The molecular weight excluding hydrogens is 476 g/mol. The van der Waals surface area contributed by atoms with Crippen LogP contribution in [0.3, 0.4) is 0 Å². The lowest BCUT2D eigenvalue weighted by molar-refractivity contribution is -0.206. The van der Waals surface area contributed by atoms with E-state index in [0.29, 0.717) is 32.2 Å². The molecule has 0 aliphatic carbocycles. The number of nitrogens with one attached hydrogen (secondary N) is 2. The van der Waals surface area contributed by atoms with Gasteiger partial charge in [0.2, 0.25) is 5.91 Å². The number of ether oxygens (including phenoxy) is 2. The van der Waals surface area contributed by atoms with Crippen LogP contribution < -0.4 is 10.6 Å². The van der Waals surface area contributed by atoms with Crippen LogP contribution >= 0.6 is 11.8 Å². The van der Waals surface area contributed by atoms with Crippen LogP contribution in [0.4, 0.5) is 4.79 Å². The van der Waals surface area contributed by atoms with Gasteiger partial charge in [0.05, 0.1) is 31.3 Å². The van der Waals surface area contributed by atoms with Crippen LogP contribution in [0, 0.1) is 5.92 Å². The number of rotatable bonds is 8. The van der Waals surface area contributed by atoms with Gasteiger partial charge in [0.25, 0.3) is 0 Å². The van der Waals surface area contributed by atoms with E-state index in [2.05, 4.69) is 17.6 Å². The molecule has 3 rings (SSSR count). The molecule has 3 heterocycles. The summed E-state index contributed by atoms with van der Waals surface area (Å²) in [7, 11) is 1.92. The first-order valence-corrected chi connectivity index (χ1v) is 13.8. The highest BCUT2D eigenvalue weighted by atomic mass is 32.2. The molecule has 12 heteroatoms. The fourth-order valence-electron chi connectivity index (χ4n) is 5.29. The predicted octanol–water partition coefficient (Wildman–Crippen LogP) is -0.807. The van der Waals surface area contributed by atoms with Gasteiger partial charge in [-0.25, -0.2) is 4.79 Å². The number of likely N-dealkylation sites (tertiary alicyclic amines) is 1. The van der Waals surface area contributed by atoms with Crippen molar-refractivity contribution < 1.29 is 34.4 Å². The van der Waals surface area contributed by atoms with E-state index >= 15 is 0 Å². The summed E-state index contributed by atoms with van der Waals surface area (Å²) in [4.78, 5) is 29.9. The normalized spacial score (nSPS) is 36.0. The van der Waals surface area contributed by atoms with E-state index in [1.165, 1.54) is 11.8 Å². The summed E-state index contributed by atoms with van der Waals surface area (Å²) in [5.41, 5.74) is -0.789. The third kappa shape index (κ3) is 6.79. The molecule has 0 saturated carbocycles. The Labute approximate surface area is 211 Å². The average Bonchev–Trinajstić information content (AvgIpc) is 3.22. The Morgan fingerprint density at radius 1 is 1.11 bits per heavy atom. The zero-order valence-corrected chi connectivity index (χ0v) is 21.9. The third-order valence-corrected chi connectivity index (χ3v) is 8.18. The molecular formula is C23H42N4O7S. The van der Waals surface area contributed by atoms with Crippen molar-refractivity contribution in [2.24, 2.45) is 5.92 Å². The fourth-order valence-corrected chi connectivity index (χ4v) is 5.97. The first-order chi connectivity index (χ1) is 16.7. The maximum absolute atomic E-state index is 13.4. The second kappa shape index (κ2) is 12.9. The molecule has 0 aromatic heterocycles. The molecule has 3 amide bonds. The van der Waals surface area contributed by atoms with Crippen LogP contribution in [0.5, 0.6) is 0 Å². The lowest BCUT2D eigenvalue weighted by Gasteiger charge is -2.45. The Kier molecular flexibility index (Phi) is 10.5. The minimum atomic E-state index is -1.45. The van der Waals surface area contributed by atoms with Crippen molar-refractivity contribution in [3.63, 3.8) is 0 Å². The molecule has 3 aliphatic heterocycles. The maximum Gasteiger partial charge on any atom is 0.317 e. The molecule has 0 bridgehead atoms. The lowest BCUT2D eigenvalue weighted by atomic mass is 9.90. The number of urea groups is 1. The third-order valence-electron chi connectivity index (χ3n) is 7.32. The van der Waals surface area contributed by atoms with Gasteiger partial charge in [-0.15, -0.1) is 11.8 Å². The number of carbonyl (C=O) groups is 2. The predicted molar refractivity (Wildman–Crippen MR) is 132 cm³/mol. The molecule has 0 spiro atoms. The number of thioether (sulfide) groups is 1. The zero-order valence-electron chi connectivity index (χ0n) is 21.1. The number of nitrogens with zero attached hydrogens (tertiary/aromatic N) is 2. The minimum Gasteiger partial charge on any atom is -0.388 e. The molecule has 9 atom stereocenters. The standard InChI is InChI=1S/C23H42N4O7S/c1-5-6-14-11-15(26(3)12-14)21(31)25-16(13(2)24-23(32)27-7-9-33-10-8-27)20-18(29)17(28)19(30)22(34-20)35-4/h13-20,22,28-30H,5-12H2,1-4H3,(H,24,32)(H,25,31)/t13-,14-,15+,16-,17+,18-,19-,20-,22-/m1/s1. The van der Waals surface area contributed by atoms with Crippen LogP contribution in [-0.2, 0) is 14.3 Å². The van der Waals surface area contributed by atoms with Crippen molar-refractivity contribution in [2.45, 2.75) is 81.1 Å². The molecule has 0 radical (unpaired) electrons. The smallest absolute Gasteiger partial charge is 0.317 e. The van der Waals surface area contributed by atoms with E-state index < -0.39 is 41.9 Å². The SMILES string of the molecule is CCC[C@@H]1C[C@@H](C(=O)N[C@@H]([C@H]2O[C@H](SC)[C@H](O)[C@@H](O)[C@H]2O)[C@@H](C)NC(=O)N2CCOCC2)N(C)C1. The number of amides is 3. The number of likely N-dealkylation sites (N-methyl/N-ethyl adjacent to an activating group) is 1. The molecule has 3 aliphatic rings. The zero-order chi connectivity index (χ0) is 25.7. The molecule has 5 N–H and O–H groups in total. The molecule has 11 nitrogen and oxygen atoms in total. The number of aliphatic hydroxyl groups is 3. The van der Waals surface area contributed by atoms with Gasteiger partial charge in [-0.05, 0) is 39.0 Å². The van der Waals surface area contributed by atoms with Crippen molar-refractivity contribution >= 4 is 23.7 Å². The number of hydrogen-bond acceptors (Lipinski definition) is 9. The number of morpholine rings is 1. The van der Waals surface area contributed by atoms with E-state index in [-0.39, 0.29) is 18.0 Å². The minimum absolute atomic E-state index is 0.208. The fraction of sp³-hybridized carbons (Fsp3) is 0.913. The Hall–Kier alpha value is -1.15. The summed E-state index contributed by atoms with van der Waals surface area (Å²) in [5.74, 6) is 0.229. The average molecular weight is 519 g/mol. The van der Waals surface area contributed by atoms with Gasteiger partial charge in [0.15, 0.2) is 0 Å². The van der Waals surface area contributed by atoms with Gasteiger partial charge in [-0.2, -0.15) is 0 Å². The van der Waals surface area contributed by atoms with Gasteiger partial charge in [-0.1, -0.05) is 13.3 Å². The van der Waals surface area contributed by atoms with Crippen molar-refractivity contribution in [1.82, 2.24) is 20.4 Å². The molecule has 202 valence electrons. The van der Waals surface area contributed by atoms with E-state index in [4.69, 9.17) is 9.47 Å². The molecule has 0 aromatic rings. The highest BCUT2D eigenvalue weighted by molar-refractivity contribution is 7.99. The van der Waals surface area contributed by atoms with Crippen molar-refractivity contribution in [1.29, 1.82) is 0 Å². The first kappa shape index (κ1) is 28.4. The van der Waals surface area contributed by atoms with Crippen LogP contribution in [0.25, 0.3) is 0 Å². The second-order valence-corrected chi connectivity index (χ2v) is 10.8. The van der Waals surface area contributed by atoms with Crippen LogP contribution in [0.15, 0.2) is 0 Å². The molecule has 3 saturated heterocycles. The summed E-state index contributed by atoms with van der Waals surface area (Å²) in [6.45, 7) is 6.54. The van der Waals surface area contributed by atoms with Gasteiger partial charge in [0.1, 0.15) is 29.9 Å². The van der Waals surface area contributed by atoms with Crippen molar-refractivity contribution in [2.75, 3.05) is 46.2 Å². The van der Waals surface area contributed by atoms with Gasteiger partial charge in [-0.3, -0.25) is 9.69 Å². The molecule has 3 fully saturated rings. The highest BCUT2D eigenvalue weighted by Gasteiger charge is 2.49. The second-order valence-electron chi connectivity index (χ2n) is 9.89. The monoisotopic (exact) mass is 518 g/mol. The Morgan fingerprint density at radius 3 is 2.43 bits per heavy atom. The Bertz CT molecular complexity index is 711. The highest BCUT2D eigenvalue weighted by Crippen LogP contribution is 2.30. The van der Waals surface area contributed by atoms with E-state index in [1.54, 1.807) is 18.1 Å². The van der Waals surface area contributed by atoms with Gasteiger partial charge in [0, 0.05) is 19.6 Å². The van der Waals surface area contributed by atoms with E-state index in [1.807, 2.05) is 11.9 Å². The molecule has 0 aromatic carbocycles. The maximum atomic E-state index is 13.4. The number of aliphatic hydroxyl groups excluding tert-OH is 3. The topological polar surface area (TPSA) is 144 Å². The van der Waals surface area contributed by atoms with Gasteiger partial charge >= 0.3 is 6.03 Å². The van der Waals surface area contributed by atoms with Crippen LogP contribution in [0.2, 0.25) is 0 Å². The summed E-state index contributed by atoms with van der Waals surface area (Å²) in [5, 5.41) is 37.5. The summed E-state index contributed by atoms with van der Waals surface area (Å²) in [6.07, 6.45) is -0.638. The molecule has 35 heavy (non-hydrogen) atoms. The Morgan fingerprint density at radius 2 is 1.80 bits per heavy atom. The molecule has 0 unspecified atom stereocenters. The summed E-state index contributed by atoms with van der Waals surface area (Å²) < 4.78 is 11.3. The van der Waals surface area contributed by atoms with Crippen molar-refractivity contribution in [3.05, 3.63) is 0 Å². The van der Waals surface area contributed by atoms with Gasteiger partial charge < -0.3 is 40.3 Å². The Balaban J connectivity index is 1.78. The van der Waals surface area contributed by atoms with Crippen molar-refractivity contribution in [3.8, 4) is 0 Å². The van der Waals surface area contributed by atoms with E-state index in [0.717, 1.165) is 25.8 Å². The van der Waals surface area contributed by atoms with Crippen LogP contribution in [-0.4, -0.2) is 131 Å². The van der Waals surface area contributed by atoms with Crippen LogP contribution in [0.1, 0.15) is 33.1 Å². The van der Waals surface area contributed by atoms with E-state index in [9.17, 15) is 24.9 Å². The quantitative estimate of drug-likeness (QED) is 0.279. The lowest BCUT2D eigenvalue weighted by Crippen LogP contribution is -2.68. The first-order valence-electron chi connectivity index (χ1n) is 12.5. The number of hydrogen-bond donors (Lipinski definition) is 5. The largest absolute Gasteiger partial charge is 0.388 e. The summed E-state index contributed by atoms with van der Waals surface area (Å²) >= 11 is 1.21.